The standard InChI is InChI=1S/C36H30NO2P/c1-24(26-13-5-3-6-14-26)37(25(2)27-15-7-4-8-16-27)32-23-29-18-10-12-20-31(29)35-34-30-19-11-9-17-28(30)21-22-33(34)38-40-39-36(32)35/h3-25,40H,1-2H3/t24-,25-/m0/s1. The molecule has 3 atom stereocenters. The van der Waals surface area contributed by atoms with E-state index in [9.17, 15) is 0 Å². The molecular formula is C36H30NO2P. The van der Waals surface area contributed by atoms with E-state index >= 15 is 0 Å². The van der Waals surface area contributed by atoms with E-state index in [1.807, 2.05) is 0 Å². The average Bonchev–Trinajstić information content (AvgIpc) is 3.22. The maximum Gasteiger partial charge on any atom is 0.201 e. The Morgan fingerprint density at radius 2 is 1.10 bits per heavy atom. The van der Waals surface area contributed by atoms with Gasteiger partial charge in [0.2, 0.25) is 8.67 Å². The number of benzene rings is 6. The minimum Gasteiger partial charge on any atom is -0.421 e. The maximum absolute atomic E-state index is 6.64. The Labute approximate surface area is 235 Å². The quantitative estimate of drug-likeness (QED) is 0.218. The minimum atomic E-state index is -0.146. The smallest absolute Gasteiger partial charge is 0.201 e. The summed E-state index contributed by atoms with van der Waals surface area (Å²) in [7, 11) is -0.146. The van der Waals surface area contributed by atoms with E-state index in [1.165, 1.54) is 21.9 Å². The third-order valence-corrected chi connectivity index (χ3v) is 8.69. The molecule has 0 saturated carbocycles. The average molecular weight is 540 g/mol. The summed E-state index contributed by atoms with van der Waals surface area (Å²) >= 11 is 0. The van der Waals surface area contributed by atoms with Gasteiger partial charge in [-0.1, -0.05) is 115 Å². The van der Waals surface area contributed by atoms with Crippen LogP contribution in [0.4, 0.5) is 5.69 Å². The van der Waals surface area contributed by atoms with Crippen molar-refractivity contribution in [3.63, 3.8) is 0 Å². The van der Waals surface area contributed by atoms with Crippen LogP contribution in [-0.4, -0.2) is 0 Å². The van der Waals surface area contributed by atoms with Crippen LogP contribution in [0.3, 0.4) is 0 Å². The van der Waals surface area contributed by atoms with E-state index in [-0.39, 0.29) is 20.8 Å². The van der Waals surface area contributed by atoms with Crippen LogP contribution in [0.25, 0.3) is 43.5 Å². The Morgan fingerprint density at radius 1 is 0.550 bits per heavy atom. The molecule has 0 spiro atoms. The summed E-state index contributed by atoms with van der Waals surface area (Å²) in [6, 6.07) is 45.3. The molecule has 0 aliphatic heterocycles. The van der Waals surface area contributed by atoms with Crippen molar-refractivity contribution < 1.29 is 8.39 Å². The topological polar surface area (TPSA) is 29.5 Å². The Kier molecular flexibility index (Phi) is 6.30. The third-order valence-electron chi connectivity index (χ3n) is 8.09. The molecule has 1 heterocycles. The number of anilines is 1. The zero-order valence-corrected chi connectivity index (χ0v) is 23.5. The molecule has 1 aromatic heterocycles. The van der Waals surface area contributed by atoms with Crippen molar-refractivity contribution >= 4 is 57.8 Å². The Balaban J connectivity index is 1.63. The van der Waals surface area contributed by atoms with Crippen molar-refractivity contribution in [1.29, 1.82) is 0 Å². The number of rotatable bonds is 5. The molecule has 0 fully saturated rings. The lowest BCUT2D eigenvalue weighted by Crippen LogP contribution is -2.30. The van der Waals surface area contributed by atoms with Gasteiger partial charge in [-0.2, -0.15) is 0 Å². The molecule has 0 aliphatic carbocycles. The van der Waals surface area contributed by atoms with Crippen LogP contribution < -0.4 is 4.90 Å². The number of fused-ring (bicyclic) bond motifs is 7. The van der Waals surface area contributed by atoms with Crippen LogP contribution in [0.15, 0.2) is 136 Å². The summed E-state index contributed by atoms with van der Waals surface area (Å²) in [6.07, 6.45) is 0. The summed E-state index contributed by atoms with van der Waals surface area (Å²) in [6.45, 7) is 4.57. The van der Waals surface area contributed by atoms with Gasteiger partial charge in [0.15, 0.2) is 5.58 Å². The molecule has 7 rings (SSSR count). The van der Waals surface area contributed by atoms with Crippen molar-refractivity contribution in [2.45, 2.75) is 25.9 Å². The minimum absolute atomic E-state index is 0.0877. The van der Waals surface area contributed by atoms with Crippen LogP contribution in [0.1, 0.15) is 37.1 Å². The van der Waals surface area contributed by atoms with Gasteiger partial charge in [0, 0.05) is 10.8 Å². The van der Waals surface area contributed by atoms with E-state index in [2.05, 4.69) is 146 Å². The zero-order valence-electron chi connectivity index (χ0n) is 22.5. The SMILES string of the molecule is C[C@@H](c1ccccc1)N(c1cc2ccccc2c2c1o[pH]oc1ccc3ccccc3c12)[C@@H](C)c1ccccc1. The number of nitrogens with zero attached hydrogens (tertiary/aromatic N) is 1. The van der Waals surface area contributed by atoms with Gasteiger partial charge in [0.05, 0.1) is 17.8 Å². The van der Waals surface area contributed by atoms with Crippen LogP contribution >= 0.6 is 8.67 Å². The summed E-state index contributed by atoms with van der Waals surface area (Å²) in [5, 5.41) is 6.87. The first-order valence-electron chi connectivity index (χ1n) is 13.8. The van der Waals surface area contributed by atoms with Crippen molar-refractivity contribution in [3.05, 3.63) is 139 Å². The van der Waals surface area contributed by atoms with E-state index in [1.54, 1.807) is 0 Å². The van der Waals surface area contributed by atoms with Crippen molar-refractivity contribution in [1.82, 2.24) is 0 Å². The molecule has 0 radical (unpaired) electrons. The fourth-order valence-corrected chi connectivity index (χ4v) is 6.69. The molecule has 0 aliphatic rings. The van der Waals surface area contributed by atoms with Gasteiger partial charge in [0.25, 0.3) is 0 Å². The molecule has 7 aromatic rings. The highest BCUT2D eigenvalue weighted by atomic mass is 31.1. The van der Waals surface area contributed by atoms with Crippen LogP contribution in [0.2, 0.25) is 0 Å². The first-order valence-corrected chi connectivity index (χ1v) is 14.6. The number of hydrogen-bond donors (Lipinski definition) is 0. The third kappa shape index (κ3) is 4.15. The predicted octanol–water partition coefficient (Wildman–Crippen LogP) is 11.0. The Bertz CT molecular complexity index is 1960. The van der Waals surface area contributed by atoms with Gasteiger partial charge < -0.3 is 13.3 Å². The van der Waals surface area contributed by atoms with Crippen LogP contribution in [-0.2, 0) is 0 Å². The molecule has 0 bridgehead atoms. The van der Waals surface area contributed by atoms with E-state index < -0.39 is 0 Å². The fourth-order valence-electron chi connectivity index (χ4n) is 6.10. The zero-order chi connectivity index (χ0) is 27.1. The summed E-state index contributed by atoms with van der Waals surface area (Å²) in [5.41, 5.74) is 5.31. The van der Waals surface area contributed by atoms with Gasteiger partial charge in [-0.15, -0.1) is 0 Å². The summed E-state index contributed by atoms with van der Waals surface area (Å²) in [5.74, 6) is 0. The normalized spacial score (nSPS) is 13.2. The lowest BCUT2D eigenvalue weighted by atomic mass is 9.95. The highest BCUT2D eigenvalue weighted by Crippen LogP contribution is 2.45. The molecule has 3 nitrogen and oxygen atoms in total. The van der Waals surface area contributed by atoms with Crippen LogP contribution in [0, 0.1) is 0 Å². The first-order chi connectivity index (χ1) is 19.7. The van der Waals surface area contributed by atoms with E-state index in [4.69, 9.17) is 8.39 Å². The largest absolute Gasteiger partial charge is 0.421 e. The van der Waals surface area contributed by atoms with Crippen molar-refractivity contribution in [2.24, 2.45) is 0 Å². The molecule has 4 heteroatoms. The summed E-state index contributed by atoms with van der Waals surface area (Å²) in [4.78, 5) is 2.51. The van der Waals surface area contributed by atoms with Crippen LogP contribution in [0.5, 0.6) is 0 Å². The van der Waals surface area contributed by atoms with Gasteiger partial charge in [-0.3, -0.25) is 0 Å². The van der Waals surface area contributed by atoms with Gasteiger partial charge >= 0.3 is 0 Å². The summed E-state index contributed by atoms with van der Waals surface area (Å²) < 4.78 is 12.9. The van der Waals surface area contributed by atoms with E-state index in [0.29, 0.717) is 0 Å². The Hall–Kier alpha value is -4.46. The fraction of sp³-hybridized carbons (Fsp3) is 0.111. The predicted molar refractivity (Wildman–Crippen MR) is 170 cm³/mol. The molecule has 6 aromatic carbocycles. The monoisotopic (exact) mass is 539 g/mol. The first kappa shape index (κ1) is 24.6. The molecule has 0 saturated heterocycles. The second kappa shape index (κ2) is 10.3. The molecule has 196 valence electrons. The lowest BCUT2D eigenvalue weighted by Gasteiger charge is -2.37. The molecule has 1 unspecified atom stereocenters. The highest BCUT2D eigenvalue weighted by Gasteiger charge is 2.27. The van der Waals surface area contributed by atoms with Crippen molar-refractivity contribution in [3.8, 4) is 0 Å². The van der Waals surface area contributed by atoms with Gasteiger partial charge in [-0.05, 0) is 58.7 Å². The maximum atomic E-state index is 6.64. The Morgan fingerprint density at radius 3 is 1.75 bits per heavy atom. The molecular weight excluding hydrogens is 509 g/mol. The van der Waals surface area contributed by atoms with Gasteiger partial charge in [-0.25, -0.2) is 0 Å². The second-order valence-corrected chi connectivity index (χ2v) is 10.9. The van der Waals surface area contributed by atoms with E-state index in [0.717, 1.165) is 38.4 Å². The second-order valence-electron chi connectivity index (χ2n) is 10.3. The molecule has 0 N–H and O–H groups in total. The van der Waals surface area contributed by atoms with Gasteiger partial charge in [0.1, 0.15) is 5.58 Å². The van der Waals surface area contributed by atoms with Crippen molar-refractivity contribution in [2.75, 3.05) is 4.90 Å². The number of hydrogen-bond acceptors (Lipinski definition) is 3. The molecule has 0 amide bonds. The highest BCUT2D eigenvalue weighted by molar-refractivity contribution is 7.15. The lowest BCUT2D eigenvalue weighted by molar-refractivity contribution is 0.582. The molecule has 40 heavy (non-hydrogen) atoms.